The Morgan fingerprint density at radius 2 is 2.14 bits per heavy atom. The number of rotatable bonds is 0. The molecule has 0 aromatic rings. The second-order valence-electron chi connectivity index (χ2n) is 4.38. The van der Waals surface area contributed by atoms with Gasteiger partial charge in [-0.1, -0.05) is 23.3 Å². The highest BCUT2D eigenvalue weighted by Gasteiger charge is 2.62. The predicted octanol–water partition coefficient (Wildman–Crippen LogP) is 2.17. The van der Waals surface area contributed by atoms with Crippen LogP contribution in [0.5, 0.6) is 0 Å². The third-order valence-corrected chi connectivity index (χ3v) is 3.87. The van der Waals surface area contributed by atoms with Gasteiger partial charge in [-0.25, -0.2) is 0 Å². The number of allylic oxidation sites excluding steroid dienone is 1. The van der Waals surface area contributed by atoms with E-state index in [1.165, 1.54) is 5.54 Å². The molecule has 0 amide bonds. The Morgan fingerprint density at radius 3 is 2.57 bits per heavy atom. The first-order valence-electron chi connectivity index (χ1n) is 4.72. The Balaban J connectivity index is 2.56. The molecule has 14 heavy (non-hydrogen) atoms. The van der Waals surface area contributed by atoms with Crippen molar-refractivity contribution in [3.05, 3.63) is 22.8 Å². The molecule has 1 unspecified atom stereocenters. The Bertz CT molecular complexity index is 359. The number of halogens is 1. The lowest BCUT2D eigenvalue weighted by Gasteiger charge is -2.36. The normalized spacial score (nSPS) is 37.6. The monoisotopic (exact) mass is 212 g/mol. The SMILES string of the molecule is CC1=C/C(=C\Cl)C(=O)C(C)(O)C12CC2. The van der Waals surface area contributed by atoms with Crippen molar-refractivity contribution >= 4 is 17.4 Å². The smallest absolute Gasteiger partial charge is 0.195 e. The van der Waals surface area contributed by atoms with Crippen LogP contribution in [0.3, 0.4) is 0 Å². The molecule has 0 aromatic heterocycles. The van der Waals surface area contributed by atoms with Crippen molar-refractivity contribution in [1.29, 1.82) is 0 Å². The highest BCUT2D eigenvalue weighted by molar-refractivity contribution is 6.28. The molecule has 3 heteroatoms. The molecular formula is C11H13ClO2. The van der Waals surface area contributed by atoms with Crippen molar-refractivity contribution in [2.75, 3.05) is 0 Å². The van der Waals surface area contributed by atoms with Crippen molar-refractivity contribution in [2.45, 2.75) is 32.3 Å². The molecule has 1 fully saturated rings. The summed E-state index contributed by atoms with van der Waals surface area (Å²) in [5, 5.41) is 10.2. The van der Waals surface area contributed by atoms with Gasteiger partial charge in [0, 0.05) is 16.5 Å². The average molecular weight is 213 g/mol. The minimum atomic E-state index is -1.27. The molecule has 0 saturated heterocycles. The van der Waals surface area contributed by atoms with Crippen molar-refractivity contribution in [1.82, 2.24) is 0 Å². The molecule has 2 rings (SSSR count). The van der Waals surface area contributed by atoms with Gasteiger partial charge in [0.1, 0.15) is 5.60 Å². The van der Waals surface area contributed by atoms with Crippen LogP contribution in [0.25, 0.3) is 0 Å². The van der Waals surface area contributed by atoms with E-state index in [1.807, 2.05) is 6.92 Å². The average Bonchev–Trinajstić information content (AvgIpc) is 2.91. The molecule has 0 radical (unpaired) electrons. The van der Waals surface area contributed by atoms with Gasteiger partial charge < -0.3 is 5.11 Å². The summed E-state index contributed by atoms with van der Waals surface area (Å²) in [6.45, 7) is 3.55. The molecule has 2 aliphatic rings. The van der Waals surface area contributed by atoms with E-state index in [-0.39, 0.29) is 11.2 Å². The van der Waals surface area contributed by atoms with E-state index in [9.17, 15) is 9.90 Å². The minimum Gasteiger partial charge on any atom is -0.381 e. The van der Waals surface area contributed by atoms with E-state index in [4.69, 9.17) is 11.6 Å². The van der Waals surface area contributed by atoms with E-state index in [2.05, 4.69) is 0 Å². The van der Waals surface area contributed by atoms with Crippen LogP contribution in [0.4, 0.5) is 0 Å². The van der Waals surface area contributed by atoms with Crippen molar-refractivity contribution in [3.8, 4) is 0 Å². The Hall–Kier alpha value is -0.600. The van der Waals surface area contributed by atoms with Crippen molar-refractivity contribution < 1.29 is 9.90 Å². The molecule has 0 aromatic carbocycles. The first kappa shape index (κ1) is 9.94. The van der Waals surface area contributed by atoms with Gasteiger partial charge in [0.25, 0.3) is 0 Å². The van der Waals surface area contributed by atoms with Crippen LogP contribution in [-0.4, -0.2) is 16.5 Å². The fourth-order valence-corrected chi connectivity index (χ4v) is 2.57. The molecule has 2 nitrogen and oxygen atoms in total. The third-order valence-electron chi connectivity index (χ3n) is 3.63. The lowest BCUT2D eigenvalue weighted by Crippen LogP contribution is -2.48. The Morgan fingerprint density at radius 1 is 1.57 bits per heavy atom. The van der Waals surface area contributed by atoms with E-state index < -0.39 is 5.60 Å². The quantitative estimate of drug-likeness (QED) is 0.625. The zero-order valence-corrected chi connectivity index (χ0v) is 9.06. The number of aliphatic hydroxyl groups is 1. The van der Waals surface area contributed by atoms with Gasteiger partial charge in [-0.15, -0.1) is 0 Å². The van der Waals surface area contributed by atoms with Gasteiger partial charge >= 0.3 is 0 Å². The lowest BCUT2D eigenvalue weighted by atomic mass is 9.71. The van der Waals surface area contributed by atoms with Gasteiger partial charge in [0.15, 0.2) is 5.78 Å². The van der Waals surface area contributed by atoms with Crippen LogP contribution in [0.1, 0.15) is 26.7 Å². The molecule has 1 saturated carbocycles. The maximum atomic E-state index is 11.8. The molecule has 0 bridgehead atoms. The zero-order valence-electron chi connectivity index (χ0n) is 8.30. The first-order valence-corrected chi connectivity index (χ1v) is 5.16. The van der Waals surface area contributed by atoms with Gasteiger partial charge in [0.2, 0.25) is 0 Å². The summed E-state index contributed by atoms with van der Waals surface area (Å²) < 4.78 is 0. The van der Waals surface area contributed by atoms with Gasteiger partial charge in [0.05, 0.1) is 0 Å². The number of hydrogen-bond acceptors (Lipinski definition) is 2. The maximum Gasteiger partial charge on any atom is 0.195 e. The summed E-state index contributed by atoms with van der Waals surface area (Å²) >= 11 is 5.54. The largest absolute Gasteiger partial charge is 0.381 e. The maximum absolute atomic E-state index is 11.8. The van der Waals surface area contributed by atoms with Crippen LogP contribution in [0.15, 0.2) is 22.8 Å². The van der Waals surface area contributed by atoms with Gasteiger partial charge in [-0.2, -0.15) is 0 Å². The molecule has 1 spiro atoms. The van der Waals surface area contributed by atoms with Gasteiger partial charge in [-0.05, 0) is 26.7 Å². The third kappa shape index (κ3) is 0.984. The summed E-state index contributed by atoms with van der Waals surface area (Å²) in [5.41, 5.74) is 1.15. The second-order valence-corrected chi connectivity index (χ2v) is 4.59. The van der Waals surface area contributed by atoms with E-state index in [1.54, 1.807) is 13.0 Å². The molecule has 2 aliphatic carbocycles. The zero-order chi connectivity index (χ0) is 10.6. The number of carbonyl (C=O) groups is 1. The van der Waals surface area contributed by atoms with E-state index >= 15 is 0 Å². The molecule has 76 valence electrons. The van der Waals surface area contributed by atoms with Gasteiger partial charge in [-0.3, -0.25) is 4.79 Å². The van der Waals surface area contributed by atoms with E-state index in [0.717, 1.165) is 18.4 Å². The molecule has 0 heterocycles. The highest BCUT2D eigenvalue weighted by atomic mass is 35.5. The summed E-state index contributed by atoms with van der Waals surface area (Å²) in [7, 11) is 0. The number of carbonyl (C=O) groups excluding carboxylic acids is 1. The van der Waals surface area contributed by atoms with Crippen LogP contribution in [0, 0.1) is 5.41 Å². The molecular weight excluding hydrogens is 200 g/mol. The molecule has 1 N–H and O–H groups in total. The first-order chi connectivity index (χ1) is 6.45. The second kappa shape index (κ2) is 2.71. The summed E-state index contributed by atoms with van der Waals surface area (Å²) in [5.74, 6) is -0.254. The van der Waals surface area contributed by atoms with Crippen LogP contribution < -0.4 is 0 Å². The minimum absolute atomic E-state index is 0.254. The highest BCUT2D eigenvalue weighted by Crippen LogP contribution is 2.61. The van der Waals surface area contributed by atoms with Crippen LogP contribution in [0.2, 0.25) is 0 Å². The van der Waals surface area contributed by atoms with Crippen LogP contribution in [-0.2, 0) is 4.79 Å². The predicted molar refractivity (Wildman–Crippen MR) is 55.0 cm³/mol. The Kier molecular flexibility index (Phi) is 1.92. The van der Waals surface area contributed by atoms with Crippen molar-refractivity contribution in [3.63, 3.8) is 0 Å². The molecule has 1 atom stereocenters. The fourth-order valence-electron chi connectivity index (χ4n) is 2.41. The standard InChI is InChI=1S/C11H13ClO2/c1-7-5-8(6-12)9(13)10(2,14)11(7)3-4-11/h5-6,14H,3-4H2,1-2H3/b8-6+. The van der Waals surface area contributed by atoms with E-state index in [0.29, 0.717) is 5.57 Å². The summed E-state index contributed by atoms with van der Waals surface area (Å²) in [6, 6.07) is 0. The Labute approximate surface area is 88.3 Å². The summed E-state index contributed by atoms with van der Waals surface area (Å²) in [6.07, 6.45) is 3.58. The molecule has 0 aliphatic heterocycles. The number of ketones is 1. The number of hydrogen-bond donors (Lipinski definition) is 1. The van der Waals surface area contributed by atoms with Crippen LogP contribution >= 0.6 is 11.6 Å². The van der Waals surface area contributed by atoms with Crippen molar-refractivity contribution in [2.24, 2.45) is 5.41 Å². The fraction of sp³-hybridized carbons (Fsp3) is 0.545. The lowest BCUT2D eigenvalue weighted by molar-refractivity contribution is -0.137. The summed E-state index contributed by atoms with van der Waals surface area (Å²) in [4.78, 5) is 11.8. The number of Topliss-reactive ketones (excluding diaryl/α,β-unsaturated/α-hetero) is 1. The topological polar surface area (TPSA) is 37.3 Å².